The van der Waals surface area contributed by atoms with Gasteiger partial charge in [0.15, 0.2) is 17.5 Å². The van der Waals surface area contributed by atoms with Crippen LogP contribution < -0.4 is 5.73 Å². The van der Waals surface area contributed by atoms with E-state index in [0.717, 1.165) is 31.5 Å². The van der Waals surface area contributed by atoms with Gasteiger partial charge in [0.2, 0.25) is 0 Å². The van der Waals surface area contributed by atoms with Crippen LogP contribution in [0.5, 0.6) is 0 Å². The van der Waals surface area contributed by atoms with E-state index < -0.39 is 17.5 Å². The first-order chi connectivity index (χ1) is 8.06. The van der Waals surface area contributed by atoms with Gasteiger partial charge in [-0.25, -0.2) is 13.2 Å². The van der Waals surface area contributed by atoms with E-state index in [0.29, 0.717) is 18.7 Å². The van der Waals surface area contributed by atoms with Crippen molar-refractivity contribution >= 4 is 12.4 Å². The highest BCUT2D eigenvalue weighted by atomic mass is 35.5. The maximum atomic E-state index is 13.0. The molecule has 1 aromatic rings. The Labute approximate surface area is 110 Å². The molecule has 0 saturated carbocycles. The molecule has 0 aromatic heterocycles. The third-order valence-corrected chi connectivity index (χ3v) is 2.99. The summed E-state index contributed by atoms with van der Waals surface area (Å²) in [6.07, 6.45) is 1.95. The Bertz CT molecular complexity index is 391. The number of hydrogen-bond acceptors (Lipinski definition) is 2. The van der Waals surface area contributed by atoms with Crippen molar-refractivity contribution in [1.29, 1.82) is 0 Å². The molecule has 0 bridgehead atoms. The minimum absolute atomic E-state index is 0. The van der Waals surface area contributed by atoms with Gasteiger partial charge in [-0.05, 0) is 37.1 Å². The summed E-state index contributed by atoms with van der Waals surface area (Å²) in [7, 11) is 0. The van der Waals surface area contributed by atoms with Crippen molar-refractivity contribution < 1.29 is 13.2 Å². The van der Waals surface area contributed by atoms with Crippen molar-refractivity contribution in [2.75, 3.05) is 13.1 Å². The first kappa shape index (κ1) is 15.3. The number of piperidine rings is 1. The zero-order valence-electron chi connectivity index (χ0n) is 9.83. The van der Waals surface area contributed by atoms with Crippen LogP contribution in [0.4, 0.5) is 13.2 Å². The van der Waals surface area contributed by atoms with Gasteiger partial charge in [-0.3, -0.25) is 4.90 Å². The standard InChI is InChI=1S/C12H15F3N2.ClH/c13-10-4-8(5-11(14)12(10)15)6-17-3-1-2-9(16)7-17;/h4-5,9H,1-3,6-7,16H2;1H. The van der Waals surface area contributed by atoms with Crippen LogP contribution in [0.25, 0.3) is 0 Å². The summed E-state index contributed by atoms with van der Waals surface area (Å²) in [6.45, 7) is 1.97. The second-order valence-electron chi connectivity index (χ2n) is 4.51. The number of rotatable bonds is 2. The van der Waals surface area contributed by atoms with E-state index in [1.165, 1.54) is 0 Å². The van der Waals surface area contributed by atoms with Gasteiger partial charge >= 0.3 is 0 Å². The highest BCUT2D eigenvalue weighted by molar-refractivity contribution is 5.85. The molecule has 2 nitrogen and oxygen atoms in total. The van der Waals surface area contributed by atoms with E-state index in [1.807, 2.05) is 4.90 Å². The number of benzene rings is 1. The number of nitrogens with zero attached hydrogens (tertiary/aromatic N) is 1. The Balaban J connectivity index is 0.00000162. The van der Waals surface area contributed by atoms with Gasteiger partial charge in [0.1, 0.15) is 0 Å². The second kappa shape index (κ2) is 6.41. The highest BCUT2D eigenvalue weighted by Gasteiger charge is 2.18. The molecular formula is C12H16ClF3N2. The minimum Gasteiger partial charge on any atom is -0.327 e. The summed E-state index contributed by atoms with van der Waals surface area (Å²) < 4.78 is 38.8. The Morgan fingerprint density at radius 2 is 1.83 bits per heavy atom. The molecule has 1 fully saturated rings. The Morgan fingerprint density at radius 3 is 2.39 bits per heavy atom. The zero-order chi connectivity index (χ0) is 12.4. The molecule has 6 heteroatoms. The fraction of sp³-hybridized carbons (Fsp3) is 0.500. The molecule has 1 atom stereocenters. The molecule has 102 valence electrons. The molecule has 0 spiro atoms. The lowest BCUT2D eigenvalue weighted by Gasteiger charge is -2.30. The Hall–Kier alpha value is -0.780. The van der Waals surface area contributed by atoms with Crippen LogP contribution in [0.1, 0.15) is 18.4 Å². The normalized spacial score (nSPS) is 20.6. The maximum Gasteiger partial charge on any atom is 0.194 e. The molecule has 0 radical (unpaired) electrons. The average molecular weight is 281 g/mol. The van der Waals surface area contributed by atoms with Crippen LogP contribution in [0.15, 0.2) is 12.1 Å². The second-order valence-corrected chi connectivity index (χ2v) is 4.51. The van der Waals surface area contributed by atoms with E-state index >= 15 is 0 Å². The average Bonchev–Trinajstić information content (AvgIpc) is 2.26. The van der Waals surface area contributed by atoms with Gasteiger partial charge in [0.05, 0.1) is 0 Å². The lowest BCUT2D eigenvalue weighted by molar-refractivity contribution is 0.201. The van der Waals surface area contributed by atoms with E-state index in [-0.39, 0.29) is 18.4 Å². The number of hydrogen-bond donors (Lipinski definition) is 1. The van der Waals surface area contributed by atoms with Crippen molar-refractivity contribution in [2.45, 2.75) is 25.4 Å². The van der Waals surface area contributed by atoms with Gasteiger partial charge in [-0.1, -0.05) is 0 Å². The monoisotopic (exact) mass is 280 g/mol. The molecule has 2 rings (SSSR count). The summed E-state index contributed by atoms with van der Waals surface area (Å²) >= 11 is 0. The van der Waals surface area contributed by atoms with Gasteiger partial charge in [0.25, 0.3) is 0 Å². The predicted octanol–water partition coefficient (Wildman–Crippen LogP) is 2.45. The highest BCUT2D eigenvalue weighted by Crippen LogP contribution is 2.17. The van der Waals surface area contributed by atoms with Gasteiger partial charge in [0, 0.05) is 19.1 Å². The third kappa shape index (κ3) is 3.60. The molecule has 1 aliphatic heterocycles. The predicted molar refractivity (Wildman–Crippen MR) is 66.1 cm³/mol. The third-order valence-electron chi connectivity index (χ3n) is 2.99. The molecule has 1 aliphatic rings. The molecule has 18 heavy (non-hydrogen) atoms. The van der Waals surface area contributed by atoms with Gasteiger partial charge < -0.3 is 5.73 Å². The molecule has 0 aliphatic carbocycles. The first-order valence-corrected chi connectivity index (χ1v) is 5.67. The summed E-state index contributed by atoms with van der Waals surface area (Å²) in [4.78, 5) is 2.03. The first-order valence-electron chi connectivity index (χ1n) is 5.67. The summed E-state index contributed by atoms with van der Waals surface area (Å²) in [6, 6.07) is 2.19. The van der Waals surface area contributed by atoms with Gasteiger partial charge in [-0.15, -0.1) is 12.4 Å². The molecule has 1 saturated heterocycles. The number of nitrogens with two attached hydrogens (primary N) is 1. The smallest absolute Gasteiger partial charge is 0.194 e. The SMILES string of the molecule is Cl.NC1CCCN(Cc2cc(F)c(F)c(F)c2)C1. The van der Waals surface area contributed by atoms with Gasteiger partial charge in [-0.2, -0.15) is 0 Å². The lowest BCUT2D eigenvalue weighted by Crippen LogP contribution is -2.42. The molecular weight excluding hydrogens is 265 g/mol. The Kier molecular flexibility index (Phi) is 5.44. The van der Waals surface area contributed by atoms with Crippen molar-refractivity contribution in [2.24, 2.45) is 5.73 Å². The van der Waals surface area contributed by atoms with Crippen LogP contribution in [0.2, 0.25) is 0 Å². The van der Waals surface area contributed by atoms with E-state index in [1.54, 1.807) is 0 Å². The molecule has 1 heterocycles. The lowest BCUT2D eigenvalue weighted by atomic mass is 10.1. The maximum absolute atomic E-state index is 13.0. The van der Waals surface area contributed by atoms with Crippen molar-refractivity contribution in [1.82, 2.24) is 4.90 Å². The largest absolute Gasteiger partial charge is 0.327 e. The van der Waals surface area contributed by atoms with Crippen molar-refractivity contribution in [3.63, 3.8) is 0 Å². The van der Waals surface area contributed by atoms with Crippen molar-refractivity contribution in [3.8, 4) is 0 Å². The minimum atomic E-state index is -1.41. The summed E-state index contributed by atoms with van der Waals surface area (Å²) in [5, 5.41) is 0. The number of halogens is 4. The summed E-state index contributed by atoms with van der Waals surface area (Å²) in [5.41, 5.74) is 6.25. The van der Waals surface area contributed by atoms with Crippen LogP contribution in [-0.4, -0.2) is 24.0 Å². The molecule has 2 N–H and O–H groups in total. The fourth-order valence-electron chi connectivity index (χ4n) is 2.19. The quantitative estimate of drug-likeness (QED) is 0.843. The zero-order valence-corrected chi connectivity index (χ0v) is 10.7. The Morgan fingerprint density at radius 1 is 1.22 bits per heavy atom. The fourth-order valence-corrected chi connectivity index (χ4v) is 2.19. The van der Waals surface area contributed by atoms with Crippen LogP contribution >= 0.6 is 12.4 Å². The summed E-state index contributed by atoms with van der Waals surface area (Å²) in [5.74, 6) is -3.69. The molecule has 1 unspecified atom stereocenters. The van der Waals surface area contributed by atoms with E-state index in [2.05, 4.69) is 0 Å². The van der Waals surface area contributed by atoms with Crippen LogP contribution in [0, 0.1) is 17.5 Å². The van der Waals surface area contributed by atoms with Crippen molar-refractivity contribution in [3.05, 3.63) is 35.1 Å². The van der Waals surface area contributed by atoms with Crippen LogP contribution in [-0.2, 0) is 6.54 Å². The molecule has 0 amide bonds. The molecule has 1 aromatic carbocycles. The van der Waals surface area contributed by atoms with Crippen LogP contribution in [0.3, 0.4) is 0 Å². The van der Waals surface area contributed by atoms with E-state index in [9.17, 15) is 13.2 Å². The van der Waals surface area contributed by atoms with E-state index in [4.69, 9.17) is 5.73 Å². The number of likely N-dealkylation sites (tertiary alicyclic amines) is 1. The topological polar surface area (TPSA) is 29.3 Å².